The van der Waals surface area contributed by atoms with E-state index < -0.39 is 4.92 Å². The summed E-state index contributed by atoms with van der Waals surface area (Å²) in [6.07, 6.45) is 0.807. The van der Waals surface area contributed by atoms with Gasteiger partial charge in [0.15, 0.2) is 0 Å². The maximum absolute atomic E-state index is 10.9. The summed E-state index contributed by atoms with van der Waals surface area (Å²) in [5.41, 5.74) is 3.33. The third-order valence-electron chi connectivity index (χ3n) is 4.09. The lowest BCUT2D eigenvalue weighted by Crippen LogP contribution is -2.31. The Labute approximate surface area is 133 Å². The number of hydrogen-bond acceptors (Lipinski definition) is 5. The molecule has 0 bridgehead atoms. The second-order valence-electron chi connectivity index (χ2n) is 5.34. The third kappa shape index (κ3) is 2.69. The van der Waals surface area contributed by atoms with E-state index in [2.05, 4.69) is 11.0 Å². The van der Waals surface area contributed by atoms with E-state index in [4.69, 9.17) is 4.74 Å². The number of nitriles is 1. The van der Waals surface area contributed by atoms with Crippen LogP contribution in [0.25, 0.3) is 0 Å². The van der Waals surface area contributed by atoms with Gasteiger partial charge in [0.2, 0.25) is 0 Å². The van der Waals surface area contributed by atoms with Gasteiger partial charge in [-0.05, 0) is 24.1 Å². The monoisotopic (exact) mass is 309 g/mol. The number of fused-ring (bicyclic) bond motifs is 1. The van der Waals surface area contributed by atoms with Crippen LogP contribution in [0.15, 0.2) is 36.4 Å². The number of methoxy groups -OCH3 is 1. The molecule has 1 aliphatic heterocycles. The highest BCUT2D eigenvalue weighted by Gasteiger charge is 2.22. The van der Waals surface area contributed by atoms with Crippen LogP contribution in [-0.4, -0.2) is 18.6 Å². The van der Waals surface area contributed by atoms with Gasteiger partial charge in [-0.15, -0.1) is 0 Å². The SMILES string of the molecule is COc1cccc2c1CCN(c1ccc([N+](=O)[O-])cc1C#N)C2. The van der Waals surface area contributed by atoms with Crippen molar-refractivity contribution in [2.24, 2.45) is 0 Å². The van der Waals surface area contributed by atoms with Crippen LogP contribution in [0.3, 0.4) is 0 Å². The smallest absolute Gasteiger partial charge is 0.270 e. The molecule has 0 amide bonds. The standard InChI is InChI=1S/C17H15N3O3/c1-23-17-4-2-3-12-11-19(8-7-15(12)17)16-6-5-14(20(21)22)9-13(16)10-18/h2-6,9H,7-8,11H2,1H3. The molecule has 0 radical (unpaired) electrons. The average molecular weight is 309 g/mol. The van der Waals surface area contributed by atoms with E-state index >= 15 is 0 Å². The van der Waals surface area contributed by atoms with Gasteiger partial charge >= 0.3 is 0 Å². The molecule has 0 spiro atoms. The molecule has 6 nitrogen and oxygen atoms in total. The van der Waals surface area contributed by atoms with Crippen LogP contribution >= 0.6 is 0 Å². The molecule has 0 unspecified atom stereocenters. The average Bonchev–Trinajstić information content (AvgIpc) is 2.59. The Bertz CT molecular complexity index is 811. The van der Waals surface area contributed by atoms with Gasteiger partial charge in [-0.3, -0.25) is 10.1 Å². The minimum atomic E-state index is -0.485. The van der Waals surface area contributed by atoms with Gasteiger partial charge in [0.25, 0.3) is 5.69 Å². The first kappa shape index (κ1) is 14.9. The van der Waals surface area contributed by atoms with Crippen LogP contribution < -0.4 is 9.64 Å². The number of benzene rings is 2. The molecule has 0 aromatic heterocycles. The van der Waals surface area contributed by atoms with E-state index in [1.165, 1.54) is 17.7 Å². The fraction of sp³-hybridized carbons (Fsp3) is 0.235. The fourth-order valence-corrected chi connectivity index (χ4v) is 2.97. The minimum absolute atomic E-state index is 0.0654. The lowest BCUT2D eigenvalue weighted by atomic mass is 9.97. The van der Waals surface area contributed by atoms with Crippen molar-refractivity contribution in [2.75, 3.05) is 18.6 Å². The van der Waals surface area contributed by atoms with E-state index in [-0.39, 0.29) is 5.69 Å². The molecule has 0 aliphatic carbocycles. The number of hydrogen-bond donors (Lipinski definition) is 0. The van der Waals surface area contributed by atoms with E-state index in [0.717, 1.165) is 30.0 Å². The molecule has 0 saturated carbocycles. The summed E-state index contributed by atoms with van der Waals surface area (Å²) in [4.78, 5) is 12.4. The number of ether oxygens (including phenoxy) is 1. The van der Waals surface area contributed by atoms with Crippen molar-refractivity contribution in [2.45, 2.75) is 13.0 Å². The van der Waals surface area contributed by atoms with Crippen molar-refractivity contribution in [3.05, 3.63) is 63.2 Å². The van der Waals surface area contributed by atoms with Crippen LogP contribution in [0.2, 0.25) is 0 Å². The summed E-state index contributed by atoms with van der Waals surface area (Å²) in [5, 5.41) is 20.2. The highest BCUT2D eigenvalue weighted by molar-refractivity contribution is 5.64. The van der Waals surface area contributed by atoms with Gasteiger partial charge in [-0.2, -0.15) is 5.26 Å². The van der Waals surface area contributed by atoms with E-state index in [9.17, 15) is 15.4 Å². The van der Waals surface area contributed by atoms with Crippen molar-refractivity contribution in [3.63, 3.8) is 0 Å². The van der Waals surface area contributed by atoms with E-state index in [1.54, 1.807) is 13.2 Å². The predicted octanol–water partition coefficient (Wildman–Crippen LogP) is 3.04. The van der Waals surface area contributed by atoms with Crippen LogP contribution in [-0.2, 0) is 13.0 Å². The number of non-ortho nitro benzene ring substituents is 1. The molecule has 3 rings (SSSR count). The highest BCUT2D eigenvalue weighted by atomic mass is 16.6. The van der Waals surface area contributed by atoms with Crippen LogP contribution in [0.4, 0.5) is 11.4 Å². The van der Waals surface area contributed by atoms with Gasteiger partial charge in [0.1, 0.15) is 11.8 Å². The molecule has 2 aromatic rings. The predicted molar refractivity (Wildman–Crippen MR) is 85.6 cm³/mol. The fourth-order valence-electron chi connectivity index (χ4n) is 2.97. The van der Waals surface area contributed by atoms with Gasteiger partial charge in [-0.1, -0.05) is 12.1 Å². The molecule has 1 aliphatic rings. The number of nitro groups is 1. The molecule has 0 saturated heterocycles. The molecule has 116 valence electrons. The number of nitrogens with zero attached hydrogens (tertiary/aromatic N) is 3. The van der Waals surface area contributed by atoms with Crippen molar-refractivity contribution in [1.29, 1.82) is 5.26 Å². The Kier molecular flexibility index (Phi) is 3.85. The summed E-state index contributed by atoms with van der Waals surface area (Å²) < 4.78 is 5.39. The number of nitro benzene ring substituents is 1. The summed E-state index contributed by atoms with van der Waals surface area (Å²) in [7, 11) is 1.66. The second-order valence-corrected chi connectivity index (χ2v) is 5.34. The first-order valence-corrected chi connectivity index (χ1v) is 7.22. The van der Waals surface area contributed by atoms with Gasteiger partial charge in [0, 0.05) is 30.8 Å². The topological polar surface area (TPSA) is 79.4 Å². The highest BCUT2D eigenvalue weighted by Crippen LogP contribution is 2.32. The number of rotatable bonds is 3. The van der Waals surface area contributed by atoms with E-state index in [1.807, 2.05) is 18.2 Å². The maximum atomic E-state index is 10.9. The Hall–Kier alpha value is -3.07. The Morgan fingerprint density at radius 3 is 2.87 bits per heavy atom. The van der Waals surface area contributed by atoms with E-state index in [0.29, 0.717) is 12.1 Å². The third-order valence-corrected chi connectivity index (χ3v) is 4.09. The summed E-state index contributed by atoms with van der Waals surface area (Å²) in [6, 6.07) is 12.4. The molecule has 0 fully saturated rings. The number of anilines is 1. The molecule has 23 heavy (non-hydrogen) atoms. The van der Waals surface area contributed by atoms with Crippen molar-refractivity contribution in [3.8, 4) is 11.8 Å². The zero-order valence-corrected chi connectivity index (χ0v) is 12.7. The second kappa shape index (κ2) is 5.97. The van der Waals surface area contributed by atoms with Crippen molar-refractivity contribution in [1.82, 2.24) is 0 Å². The molecule has 2 aromatic carbocycles. The summed E-state index contributed by atoms with van der Waals surface area (Å²) in [5.74, 6) is 0.881. The zero-order valence-electron chi connectivity index (χ0n) is 12.7. The maximum Gasteiger partial charge on any atom is 0.270 e. The van der Waals surface area contributed by atoms with Gasteiger partial charge < -0.3 is 9.64 Å². The van der Waals surface area contributed by atoms with Crippen LogP contribution in [0.1, 0.15) is 16.7 Å². The summed E-state index contributed by atoms with van der Waals surface area (Å²) >= 11 is 0. The van der Waals surface area contributed by atoms with Crippen molar-refractivity contribution < 1.29 is 9.66 Å². The minimum Gasteiger partial charge on any atom is -0.496 e. The summed E-state index contributed by atoms with van der Waals surface area (Å²) in [6.45, 7) is 1.39. The Balaban J connectivity index is 1.95. The molecule has 0 N–H and O–H groups in total. The Morgan fingerprint density at radius 1 is 1.35 bits per heavy atom. The molecular formula is C17H15N3O3. The van der Waals surface area contributed by atoms with Crippen molar-refractivity contribution >= 4 is 11.4 Å². The van der Waals surface area contributed by atoms with Crippen LogP contribution in [0.5, 0.6) is 5.75 Å². The Morgan fingerprint density at radius 2 is 2.17 bits per heavy atom. The van der Waals surface area contributed by atoms with Gasteiger partial charge in [-0.25, -0.2) is 0 Å². The lowest BCUT2D eigenvalue weighted by Gasteiger charge is -2.32. The first-order valence-electron chi connectivity index (χ1n) is 7.22. The zero-order chi connectivity index (χ0) is 16.4. The van der Waals surface area contributed by atoms with Gasteiger partial charge in [0.05, 0.1) is 23.3 Å². The molecule has 0 atom stereocenters. The molecule has 6 heteroatoms. The normalized spacial score (nSPS) is 13.1. The molecular weight excluding hydrogens is 294 g/mol. The largest absolute Gasteiger partial charge is 0.496 e. The molecule has 1 heterocycles. The quantitative estimate of drug-likeness (QED) is 0.643. The first-order chi connectivity index (χ1) is 11.1. The van der Waals surface area contributed by atoms with Crippen LogP contribution in [0, 0.1) is 21.4 Å². The lowest BCUT2D eigenvalue weighted by molar-refractivity contribution is -0.384.